The summed E-state index contributed by atoms with van der Waals surface area (Å²) in [5.41, 5.74) is 2.94. The average Bonchev–Trinajstić information content (AvgIpc) is 3.26. The number of fused-ring (bicyclic) bond motifs is 1. The molecule has 2 N–H and O–H groups in total. The van der Waals surface area contributed by atoms with Crippen molar-refractivity contribution in [3.8, 4) is 0 Å². The molecule has 7 nitrogen and oxygen atoms in total. The first-order valence-electron chi connectivity index (χ1n) is 10.8. The van der Waals surface area contributed by atoms with Crippen molar-refractivity contribution in [3.05, 3.63) is 89.5 Å². The lowest BCUT2D eigenvalue weighted by Crippen LogP contribution is -2.27. The molecule has 0 saturated carbocycles. The van der Waals surface area contributed by atoms with E-state index in [4.69, 9.17) is 0 Å². The Hall–Kier alpha value is -3.65. The summed E-state index contributed by atoms with van der Waals surface area (Å²) >= 11 is 0. The minimum absolute atomic E-state index is 0.0120. The van der Waals surface area contributed by atoms with Gasteiger partial charge in [0.2, 0.25) is 5.91 Å². The van der Waals surface area contributed by atoms with Crippen molar-refractivity contribution in [2.45, 2.75) is 31.2 Å². The van der Waals surface area contributed by atoms with Gasteiger partial charge < -0.3 is 10.2 Å². The first-order chi connectivity index (χ1) is 15.9. The van der Waals surface area contributed by atoms with Crippen LogP contribution in [0.4, 0.5) is 11.4 Å². The van der Waals surface area contributed by atoms with E-state index in [1.807, 2.05) is 30.3 Å². The summed E-state index contributed by atoms with van der Waals surface area (Å²) in [6.07, 6.45) is 0.993. The van der Waals surface area contributed by atoms with Crippen LogP contribution in [0.3, 0.4) is 0 Å². The number of nitrogens with zero attached hydrogens (tertiary/aromatic N) is 1. The molecule has 0 atom stereocenters. The van der Waals surface area contributed by atoms with Gasteiger partial charge in [0.05, 0.1) is 16.1 Å². The largest absolute Gasteiger partial charge is 0.348 e. The molecule has 0 radical (unpaired) electrons. The summed E-state index contributed by atoms with van der Waals surface area (Å²) < 4.78 is 28.8. The number of anilines is 2. The number of carbonyl (C=O) groups is 2. The van der Waals surface area contributed by atoms with Crippen LogP contribution in [0.25, 0.3) is 0 Å². The second-order valence-corrected chi connectivity index (χ2v) is 9.44. The summed E-state index contributed by atoms with van der Waals surface area (Å²) in [5, 5.41) is 2.82. The van der Waals surface area contributed by atoms with Gasteiger partial charge in [-0.2, -0.15) is 0 Å². The monoisotopic (exact) mass is 463 g/mol. The SMILES string of the molecule is CCC(=O)N1CCc2cc(S(=O)(=O)Nc3ccccc3C(=O)NCc3ccccc3)ccc21. The molecule has 0 unspecified atom stereocenters. The number of benzene rings is 3. The minimum Gasteiger partial charge on any atom is -0.348 e. The van der Waals surface area contributed by atoms with Crippen molar-refractivity contribution in [2.75, 3.05) is 16.2 Å². The van der Waals surface area contributed by atoms with E-state index in [2.05, 4.69) is 10.0 Å². The van der Waals surface area contributed by atoms with Gasteiger partial charge in [-0.1, -0.05) is 49.4 Å². The van der Waals surface area contributed by atoms with Crippen molar-refractivity contribution in [1.29, 1.82) is 0 Å². The Labute approximate surface area is 193 Å². The molecule has 170 valence electrons. The highest BCUT2D eigenvalue weighted by molar-refractivity contribution is 7.92. The quantitative estimate of drug-likeness (QED) is 0.558. The Balaban J connectivity index is 1.53. The Morgan fingerprint density at radius 2 is 1.70 bits per heavy atom. The Kier molecular flexibility index (Phi) is 6.46. The molecule has 0 aromatic heterocycles. The highest BCUT2D eigenvalue weighted by Gasteiger charge is 2.26. The summed E-state index contributed by atoms with van der Waals surface area (Å²) in [6, 6.07) is 20.7. The van der Waals surface area contributed by atoms with Crippen LogP contribution in [0.2, 0.25) is 0 Å². The fourth-order valence-corrected chi connectivity index (χ4v) is 4.97. The maximum Gasteiger partial charge on any atom is 0.261 e. The van der Waals surface area contributed by atoms with Crippen molar-refractivity contribution in [2.24, 2.45) is 0 Å². The lowest BCUT2D eigenvalue weighted by atomic mass is 10.1. The molecule has 3 aromatic rings. The number of amides is 2. The van der Waals surface area contributed by atoms with Crippen LogP contribution in [0.5, 0.6) is 0 Å². The Bertz CT molecular complexity index is 1290. The second kappa shape index (κ2) is 9.46. The van der Waals surface area contributed by atoms with E-state index >= 15 is 0 Å². The number of rotatable bonds is 7. The van der Waals surface area contributed by atoms with Crippen molar-refractivity contribution in [1.82, 2.24) is 5.32 Å². The summed E-state index contributed by atoms with van der Waals surface area (Å²) in [7, 11) is -3.93. The third-order valence-electron chi connectivity index (χ3n) is 5.57. The molecule has 0 saturated heterocycles. The molecule has 3 aromatic carbocycles. The Morgan fingerprint density at radius 3 is 2.45 bits per heavy atom. The lowest BCUT2D eigenvalue weighted by Gasteiger charge is -2.17. The maximum atomic E-state index is 13.1. The molecule has 1 aliphatic heterocycles. The number of hydrogen-bond donors (Lipinski definition) is 2. The average molecular weight is 464 g/mol. The molecule has 0 fully saturated rings. The van der Waals surface area contributed by atoms with E-state index in [0.717, 1.165) is 16.8 Å². The van der Waals surface area contributed by atoms with Crippen molar-refractivity contribution in [3.63, 3.8) is 0 Å². The van der Waals surface area contributed by atoms with Gasteiger partial charge >= 0.3 is 0 Å². The lowest BCUT2D eigenvalue weighted by molar-refractivity contribution is -0.118. The summed E-state index contributed by atoms with van der Waals surface area (Å²) in [6.45, 7) is 2.68. The topological polar surface area (TPSA) is 95.6 Å². The minimum atomic E-state index is -3.93. The van der Waals surface area contributed by atoms with Crippen LogP contribution in [0, 0.1) is 0 Å². The fourth-order valence-electron chi connectivity index (χ4n) is 3.84. The first-order valence-corrected chi connectivity index (χ1v) is 12.2. The highest BCUT2D eigenvalue weighted by Crippen LogP contribution is 2.31. The zero-order valence-corrected chi connectivity index (χ0v) is 19.1. The number of hydrogen-bond acceptors (Lipinski definition) is 4. The van der Waals surface area contributed by atoms with Gasteiger partial charge in [0.1, 0.15) is 0 Å². The second-order valence-electron chi connectivity index (χ2n) is 7.76. The molecule has 8 heteroatoms. The molecule has 4 rings (SSSR count). The zero-order valence-electron chi connectivity index (χ0n) is 18.2. The van der Waals surface area contributed by atoms with Gasteiger partial charge in [0.25, 0.3) is 15.9 Å². The number of nitrogens with one attached hydrogen (secondary N) is 2. The van der Waals surface area contributed by atoms with E-state index in [0.29, 0.717) is 25.9 Å². The first kappa shape index (κ1) is 22.5. The van der Waals surface area contributed by atoms with Crippen LogP contribution < -0.4 is 14.9 Å². The Morgan fingerprint density at radius 1 is 0.970 bits per heavy atom. The molecule has 1 heterocycles. The molecule has 0 aliphatic carbocycles. The van der Waals surface area contributed by atoms with Gasteiger partial charge in [-0.05, 0) is 47.9 Å². The van der Waals surface area contributed by atoms with E-state index in [1.165, 1.54) is 6.07 Å². The third kappa shape index (κ3) is 4.90. The van der Waals surface area contributed by atoms with Crippen LogP contribution >= 0.6 is 0 Å². The van der Waals surface area contributed by atoms with Gasteiger partial charge in [0.15, 0.2) is 0 Å². The van der Waals surface area contributed by atoms with Gasteiger partial charge in [-0.25, -0.2) is 8.42 Å². The van der Waals surface area contributed by atoms with Gasteiger partial charge in [-0.15, -0.1) is 0 Å². The molecule has 0 bridgehead atoms. The highest BCUT2D eigenvalue weighted by atomic mass is 32.2. The zero-order chi connectivity index (χ0) is 23.4. The molecular weight excluding hydrogens is 438 g/mol. The number of sulfonamides is 1. The van der Waals surface area contributed by atoms with Gasteiger partial charge in [0, 0.05) is 25.2 Å². The molecule has 1 aliphatic rings. The maximum absolute atomic E-state index is 13.1. The number of para-hydroxylation sites is 1. The normalized spacial score (nSPS) is 12.8. The van der Waals surface area contributed by atoms with E-state index in [9.17, 15) is 18.0 Å². The smallest absolute Gasteiger partial charge is 0.261 e. The molecule has 33 heavy (non-hydrogen) atoms. The predicted octanol–water partition coefficient (Wildman–Crippen LogP) is 3.72. The van der Waals surface area contributed by atoms with Crippen molar-refractivity contribution >= 4 is 33.2 Å². The van der Waals surface area contributed by atoms with Crippen LogP contribution in [0.15, 0.2) is 77.7 Å². The van der Waals surface area contributed by atoms with E-state index < -0.39 is 10.0 Å². The van der Waals surface area contributed by atoms with Crippen LogP contribution in [0.1, 0.15) is 34.8 Å². The summed E-state index contributed by atoms with van der Waals surface area (Å²) in [5.74, 6) is -0.363. The standard InChI is InChI=1S/C25H25N3O4S/c1-2-24(29)28-15-14-19-16-20(12-13-23(19)28)33(31,32)27-22-11-7-6-10-21(22)25(30)26-17-18-8-4-3-5-9-18/h3-13,16,27H,2,14-15,17H2,1H3,(H,26,30). The summed E-state index contributed by atoms with van der Waals surface area (Å²) in [4.78, 5) is 26.6. The molecule has 0 spiro atoms. The molecule has 2 amide bonds. The predicted molar refractivity (Wildman–Crippen MR) is 128 cm³/mol. The van der Waals surface area contributed by atoms with E-state index in [-0.39, 0.29) is 28.0 Å². The van der Waals surface area contributed by atoms with Gasteiger partial charge in [-0.3, -0.25) is 14.3 Å². The third-order valence-corrected chi connectivity index (χ3v) is 6.94. The van der Waals surface area contributed by atoms with Crippen molar-refractivity contribution < 1.29 is 18.0 Å². The fraction of sp³-hybridized carbons (Fsp3) is 0.200. The number of carbonyl (C=O) groups excluding carboxylic acids is 2. The van der Waals surface area contributed by atoms with Crippen LogP contribution in [-0.4, -0.2) is 26.8 Å². The molecular formula is C25H25N3O4S. The van der Waals surface area contributed by atoms with E-state index in [1.54, 1.807) is 48.2 Å². The van der Waals surface area contributed by atoms with Crippen LogP contribution in [-0.2, 0) is 27.8 Å².